The summed E-state index contributed by atoms with van der Waals surface area (Å²) in [7, 11) is 0. The minimum absolute atomic E-state index is 0.0917. The molecular formula is C14H12N2O2. The molecule has 3 aliphatic heterocycles. The Morgan fingerprint density at radius 3 is 3.22 bits per heavy atom. The van der Waals surface area contributed by atoms with E-state index < -0.39 is 0 Å². The molecule has 4 rings (SSSR count). The summed E-state index contributed by atoms with van der Waals surface area (Å²) in [5, 5.41) is 0. The van der Waals surface area contributed by atoms with Gasteiger partial charge in [0.2, 0.25) is 0 Å². The number of allylic oxidation sites excluding steroid dienone is 5. The van der Waals surface area contributed by atoms with Gasteiger partial charge in [-0.25, -0.2) is 0 Å². The largest absolute Gasteiger partial charge is 0.469 e. The molecule has 18 heavy (non-hydrogen) atoms. The van der Waals surface area contributed by atoms with Crippen LogP contribution in [-0.2, 0) is 9.47 Å². The van der Waals surface area contributed by atoms with Crippen LogP contribution in [0, 0.1) is 0 Å². The summed E-state index contributed by atoms with van der Waals surface area (Å²) in [6.45, 7) is 0.313. The average molecular weight is 240 g/mol. The fraction of sp³-hybridized carbons (Fsp3) is 0.143. The molecule has 0 saturated carbocycles. The fourth-order valence-electron chi connectivity index (χ4n) is 2.51. The molecule has 1 unspecified atom stereocenters. The molecule has 0 radical (unpaired) electrons. The fourth-order valence-corrected chi connectivity index (χ4v) is 2.51. The second-order valence-electron chi connectivity index (χ2n) is 4.47. The van der Waals surface area contributed by atoms with Crippen LogP contribution in [0.2, 0.25) is 0 Å². The van der Waals surface area contributed by atoms with Gasteiger partial charge < -0.3 is 20.1 Å². The zero-order chi connectivity index (χ0) is 12.1. The lowest BCUT2D eigenvalue weighted by Gasteiger charge is -2.30. The second kappa shape index (κ2) is 3.40. The maximum Gasteiger partial charge on any atom is 0.189 e. The summed E-state index contributed by atoms with van der Waals surface area (Å²) in [5.74, 6) is 0.859. The highest BCUT2D eigenvalue weighted by Crippen LogP contribution is 2.37. The third-order valence-corrected chi connectivity index (χ3v) is 3.41. The Kier molecular flexibility index (Phi) is 1.85. The molecule has 4 aliphatic rings. The molecule has 0 aromatic heterocycles. The van der Waals surface area contributed by atoms with Crippen LogP contribution in [0.3, 0.4) is 0 Å². The predicted octanol–water partition coefficient (Wildman–Crippen LogP) is 1.64. The molecule has 1 fully saturated rings. The third kappa shape index (κ3) is 1.23. The van der Waals surface area contributed by atoms with Gasteiger partial charge in [0.15, 0.2) is 6.79 Å². The molecule has 1 saturated heterocycles. The van der Waals surface area contributed by atoms with E-state index in [-0.39, 0.29) is 6.10 Å². The van der Waals surface area contributed by atoms with Gasteiger partial charge in [0.1, 0.15) is 11.9 Å². The standard InChI is InChI=1S/C14H12N2O2/c15-14-10-6-13-12(17-8-18-13)5-9(10)7-16-4-2-1-3-11(14)16/h1-7,13H,8,15H2. The van der Waals surface area contributed by atoms with Crippen LogP contribution in [0.5, 0.6) is 0 Å². The summed E-state index contributed by atoms with van der Waals surface area (Å²) in [4.78, 5) is 2.02. The molecule has 0 aromatic carbocycles. The molecule has 1 atom stereocenters. The predicted molar refractivity (Wildman–Crippen MR) is 66.4 cm³/mol. The smallest absolute Gasteiger partial charge is 0.189 e. The van der Waals surface area contributed by atoms with Crippen molar-refractivity contribution in [1.82, 2.24) is 4.90 Å². The molecule has 90 valence electrons. The lowest BCUT2D eigenvalue weighted by Crippen LogP contribution is -2.25. The van der Waals surface area contributed by atoms with Gasteiger partial charge in [-0.1, -0.05) is 6.08 Å². The summed E-state index contributed by atoms with van der Waals surface area (Å²) in [6, 6.07) is 0. The van der Waals surface area contributed by atoms with E-state index in [0.29, 0.717) is 6.79 Å². The monoisotopic (exact) mass is 240 g/mol. The van der Waals surface area contributed by atoms with Crippen molar-refractivity contribution in [2.75, 3.05) is 6.79 Å². The highest BCUT2D eigenvalue weighted by atomic mass is 16.7. The summed E-state index contributed by atoms with van der Waals surface area (Å²) < 4.78 is 10.9. The molecule has 4 heteroatoms. The van der Waals surface area contributed by atoms with Crippen molar-refractivity contribution in [3.63, 3.8) is 0 Å². The zero-order valence-electron chi connectivity index (χ0n) is 9.67. The Morgan fingerprint density at radius 2 is 2.28 bits per heavy atom. The number of ether oxygens (including phenoxy) is 2. The number of nitrogens with two attached hydrogens (primary N) is 1. The van der Waals surface area contributed by atoms with E-state index in [1.54, 1.807) is 0 Å². The normalized spacial score (nSPS) is 27.9. The first-order chi connectivity index (χ1) is 8.83. The van der Waals surface area contributed by atoms with Crippen molar-refractivity contribution >= 4 is 0 Å². The van der Waals surface area contributed by atoms with Gasteiger partial charge in [-0.05, 0) is 24.3 Å². The summed E-state index contributed by atoms with van der Waals surface area (Å²) in [5.41, 5.74) is 10.1. The van der Waals surface area contributed by atoms with Gasteiger partial charge in [0, 0.05) is 23.5 Å². The Bertz CT molecular complexity index is 605. The van der Waals surface area contributed by atoms with E-state index in [1.807, 2.05) is 41.5 Å². The first-order valence-corrected chi connectivity index (χ1v) is 5.86. The van der Waals surface area contributed by atoms with Crippen LogP contribution >= 0.6 is 0 Å². The Hall–Kier alpha value is -2.20. The molecule has 3 heterocycles. The van der Waals surface area contributed by atoms with Crippen molar-refractivity contribution < 1.29 is 9.47 Å². The van der Waals surface area contributed by atoms with E-state index in [4.69, 9.17) is 15.2 Å². The molecule has 1 aliphatic carbocycles. The zero-order valence-corrected chi connectivity index (χ0v) is 9.67. The second-order valence-corrected chi connectivity index (χ2v) is 4.47. The van der Waals surface area contributed by atoms with Crippen LogP contribution in [0.25, 0.3) is 0 Å². The maximum absolute atomic E-state index is 6.24. The molecular weight excluding hydrogens is 228 g/mol. The van der Waals surface area contributed by atoms with Gasteiger partial charge >= 0.3 is 0 Å². The number of nitrogens with zero attached hydrogens (tertiary/aromatic N) is 1. The first kappa shape index (κ1) is 9.79. The van der Waals surface area contributed by atoms with Gasteiger partial charge in [0.05, 0.1) is 11.4 Å². The van der Waals surface area contributed by atoms with Crippen molar-refractivity contribution in [2.45, 2.75) is 6.10 Å². The average Bonchev–Trinajstić information content (AvgIpc) is 2.84. The number of hydrogen-bond acceptors (Lipinski definition) is 4. The van der Waals surface area contributed by atoms with Crippen molar-refractivity contribution in [1.29, 1.82) is 0 Å². The lowest BCUT2D eigenvalue weighted by molar-refractivity contribution is 0.0629. The summed E-state index contributed by atoms with van der Waals surface area (Å²) in [6.07, 6.45) is 14.0. The Balaban J connectivity index is 1.86. The van der Waals surface area contributed by atoms with Crippen LogP contribution in [0.15, 0.2) is 71.1 Å². The van der Waals surface area contributed by atoms with E-state index >= 15 is 0 Å². The molecule has 0 spiro atoms. The lowest BCUT2D eigenvalue weighted by atomic mass is 9.91. The van der Waals surface area contributed by atoms with Gasteiger partial charge in [-0.2, -0.15) is 0 Å². The summed E-state index contributed by atoms with van der Waals surface area (Å²) >= 11 is 0. The minimum Gasteiger partial charge on any atom is -0.469 e. The molecule has 4 nitrogen and oxygen atoms in total. The van der Waals surface area contributed by atoms with Crippen LogP contribution in [0.1, 0.15) is 0 Å². The van der Waals surface area contributed by atoms with Gasteiger partial charge in [-0.3, -0.25) is 0 Å². The first-order valence-electron chi connectivity index (χ1n) is 5.86. The molecule has 0 amide bonds. The minimum atomic E-state index is -0.0917. The van der Waals surface area contributed by atoms with Crippen molar-refractivity contribution in [3.05, 3.63) is 71.1 Å². The van der Waals surface area contributed by atoms with E-state index in [0.717, 1.165) is 28.3 Å². The number of fused-ring (bicyclic) bond motifs is 3. The van der Waals surface area contributed by atoms with Crippen LogP contribution < -0.4 is 5.73 Å². The Morgan fingerprint density at radius 1 is 1.33 bits per heavy atom. The quantitative estimate of drug-likeness (QED) is 0.699. The van der Waals surface area contributed by atoms with Crippen LogP contribution in [0.4, 0.5) is 0 Å². The highest BCUT2D eigenvalue weighted by molar-refractivity contribution is 5.61. The highest BCUT2D eigenvalue weighted by Gasteiger charge is 2.31. The number of rotatable bonds is 0. The van der Waals surface area contributed by atoms with E-state index in [2.05, 4.69) is 6.20 Å². The molecule has 0 bridgehead atoms. The Labute approximate surface area is 105 Å². The molecule has 2 N–H and O–H groups in total. The van der Waals surface area contributed by atoms with Crippen molar-refractivity contribution in [3.8, 4) is 0 Å². The third-order valence-electron chi connectivity index (χ3n) is 3.41. The van der Waals surface area contributed by atoms with E-state index in [1.165, 1.54) is 0 Å². The van der Waals surface area contributed by atoms with E-state index in [9.17, 15) is 0 Å². The SMILES string of the molecule is NC1=C2C=CC=CN2C=C2C=C3OCOC3C=C21. The maximum atomic E-state index is 6.24. The number of hydrogen-bond donors (Lipinski definition) is 1. The van der Waals surface area contributed by atoms with Gasteiger partial charge in [0.25, 0.3) is 0 Å². The van der Waals surface area contributed by atoms with Crippen LogP contribution in [-0.4, -0.2) is 17.8 Å². The molecule has 0 aromatic rings. The van der Waals surface area contributed by atoms with Crippen molar-refractivity contribution in [2.24, 2.45) is 5.73 Å². The van der Waals surface area contributed by atoms with Gasteiger partial charge in [-0.15, -0.1) is 0 Å². The topological polar surface area (TPSA) is 47.7 Å².